The highest BCUT2D eigenvalue weighted by molar-refractivity contribution is 7.92. The summed E-state index contributed by atoms with van der Waals surface area (Å²) in [6.45, 7) is 0.172. The minimum absolute atomic E-state index is 0.105. The Kier molecular flexibility index (Phi) is 4.72. The molecule has 0 saturated carbocycles. The number of rotatable bonds is 5. The summed E-state index contributed by atoms with van der Waals surface area (Å²) in [5.41, 5.74) is 1.02. The molecule has 1 amide bonds. The minimum Gasteiger partial charge on any atom is -0.454 e. The highest BCUT2D eigenvalue weighted by Gasteiger charge is 2.20. The predicted molar refractivity (Wildman–Crippen MR) is 117 cm³/mol. The lowest BCUT2D eigenvalue weighted by Crippen LogP contribution is -2.18. The van der Waals surface area contributed by atoms with Gasteiger partial charge in [-0.25, -0.2) is 13.4 Å². The number of amides is 1. The van der Waals surface area contributed by atoms with Crippen LogP contribution in [0.15, 0.2) is 71.6 Å². The molecule has 1 aromatic heterocycles. The number of thiazole rings is 1. The van der Waals surface area contributed by atoms with Gasteiger partial charge in [0.15, 0.2) is 16.6 Å². The van der Waals surface area contributed by atoms with Crippen molar-refractivity contribution < 1.29 is 22.7 Å². The summed E-state index contributed by atoms with van der Waals surface area (Å²) in [6.07, 6.45) is 0. The highest BCUT2D eigenvalue weighted by atomic mass is 32.2. The van der Waals surface area contributed by atoms with Gasteiger partial charge in [0.05, 0.1) is 26.4 Å². The number of nitrogens with zero attached hydrogens (tertiary/aromatic N) is 1. The van der Waals surface area contributed by atoms with E-state index in [1.165, 1.54) is 29.5 Å². The summed E-state index contributed by atoms with van der Waals surface area (Å²) in [5, 5.41) is 3.12. The number of nitrogens with one attached hydrogen (secondary N) is 2. The maximum atomic E-state index is 12.9. The summed E-state index contributed by atoms with van der Waals surface area (Å²) < 4.78 is 39.4. The van der Waals surface area contributed by atoms with Gasteiger partial charge in [-0.05, 0) is 24.3 Å². The lowest BCUT2D eigenvalue weighted by molar-refractivity contribution is 0.102. The van der Waals surface area contributed by atoms with Crippen LogP contribution >= 0.6 is 11.3 Å². The van der Waals surface area contributed by atoms with Crippen LogP contribution in [0.25, 0.3) is 10.2 Å². The second kappa shape index (κ2) is 7.56. The summed E-state index contributed by atoms with van der Waals surface area (Å²) in [7, 11) is -3.84. The number of ether oxygens (including phenoxy) is 2. The van der Waals surface area contributed by atoms with Gasteiger partial charge in [0, 0.05) is 12.1 Å². The lowest BCUT2D eigenvalue weighted by atomic mass is 10.2. The second-order valence-corrected chi connectivity index (χ2v) is 9.32. The van der Waals surface area contributed by atoms with E-state index in [1.54, 1.807) is 42.5 Å². The monoisotopic (exact) mass is 453 g/mol. The molecular weight excluding hydrogens is 438 g/mol. The van der Waals surface area contributed by atoms with Crippen LogP contribution in [-0.4, -0.2) is 26.1 Å². The number of aromatic nitrogens is 1. The van der Waals surface area contributed by atoms with E-state index in [1.807, 2.05) is 6.07 Å². The van der Waals surface area contributed by atoms with Crippen LogP contribution in [-0.2, 0) is 10.0 Å². The van der Waals surface area contributed by atoms with Crippen molar-refractivity contribution in [3.8, 4) is 11.5 Å². The fourth-order valence-corrected chi connectivity index (χ4v) is 5.08. The van der Waals surface area contributed by atoms with Gasteiger partial charge < -0.3 is 9.47 Å². The van der Waals surface area contributed by atoms with Crippen LogP contribution in [0.2, 0.25) is 0 Å². The summed E-state index contributed by atoms with van der Waals surface area (Å²) in [5.74, 6) is 0.761. The highest BCUT2D eigenvalue weighted by Crippen LogP contribution is 2.39. The van der Waals surface area contributed by atoms with Gasteiger partial charge in [-0.2, -0.15) is 0 Å². The zero-order chi connectivity index (χ0) is 21.4. The van der Waals surface area contributed by atoms with Crippen molar-refractivity contribution in [2.24, 2.45) is 0 Å². The van der Waals surface area contributed by atoms with E-state index in [-0.39, 0.29) is 22.9 Å². The second-order valence-electron chi connectivity index (χ2n) is 6.61. The first kappa shape index (κ1) is 19.3. The van der Waals surface area contributed by atoms with Crippen molar-refractivity contribution in [1.82, 2.24) is 4.98 Å². The fraction of sp³-hybridized carbons (Fsp3) is 0.0476. The molecule has 3 aromatic carbocycles. The van der Waals surface area contributed by atoms with E-state index in [0.29, 0.717) is 22.1 Å². The van der Waals surface area contributed by atoms with Crippen molar-refractivity contribution in [2.75, 3.05) is 16.8 Å². The van der Waals surface area contributed by atoms with Crippen molar-refractivity contribution in [3.63, 3.8) is 0 Å². The third-order valence-corrected chi connectivity index (χ3v) is 6.89. The number of hydrogen-bond acceptors (Lipinski definition) is 7. The first-order valence-corrected chi connectivity index (χ1v) is 11.5. The molecule has 156 valence electrons. The van der Waals surface area contributed by atoms with Crippen LogP contribution in [0.1, 0.15) is 10.4 Å². The quantitative estimate of drug-likeness (QED) is 0.472. The van der Waals surface area contributed by atoms with E-state index in [0.717, 1.165) is 4.70 Å². The number of fused-ring (bicyclic) bond motifs is 2. The topological polar surface area (TPSA) is 107 Å². The standard InChI is InChI=1S/C21H15N3O5S2/c25-20(23-21-22-16-10-17-18(29-12-28-17)11-19(16)30-21)14-8-4-5-9-15(14)24-31(26,27)13-6-2-1-3-7-13/h1-11,24H,12H2,(H,22,23,25). The molecule has 0 bridgehead atoms. The van der Waals surface area contributed by atoms with E-state index >= 15 is 0 Å². The normalized spacial score (nSPS) is 12.6. The van der Waals surface area contributed by atoms with Gasteiger partial charge in [0.2, 0.25) is 6.79 Å². The van der Waals surface area contributed by atoms with Crippen LogP contribution in [0.3, 0.4) is 0 Å². The van der Waals surface area contributed by atoms with E-state index in [9.17, 15) is 13.2 Å². The first-order chi connectivity index (χ1) is 15.0. The third kappa shape index (κ3) is 3.78. The Labute approximate surface area is 181 Å². The molecule has 0 aliphatic carbocycles. The Bertz CT molecular complexity index is 1360. The van der Waals surface area contributed by atoms with Gasteiger partial charge >= 0.3 is 0 Å². The minimum atomic E-state index is -3.84. The van der Waals surface area contributed by atoms with E-state index in [2.05, 4.69) is 15.0 Å². The number of anilines is 2. The maximum absolute atomic E-state index is 12.9. The van der Waals surface area contributed by atoms with Crippen LogP contribution in [0.4, 0.5) is 10.8 Å². The number of carbonyl (C=O) groups excluding carboxylic acids is 1. The number of carbonyl (C=O) groups is 1. The fourth-order valence-electron chi connectivity index (χ4n) is 3.11. The Morgan fingerprint density at radius 1 is 0.968 bits per heavy atom. The van der Waals surface area contributed by atoms with Crippen molar-refractivity contribution in [1.29, 1.82) is 0 Å². The molecule has 31 heavy (non-hydrogen) atoms. The molecular formula is C21H15N3O5S2. The van der Waals surface area contributed by atoms with Gasteiger partial charge in [-0.15, -0.1) is 0 Å². The molecule has 1 aliphatic rings. The zero-order valence-corrected chi connectivity index (χ0v) is 17.5. The van der Waals surface area contributed by atoms with Gasteiger partial charge in [-0.3, -0.25) is 14.8 Å². The average molecular weight is 454 g/mol. The molecule has 4 aromatic rings. The summed E-state index contributed by atoms with van der Waals surface area (Å²) >= 11 is 1.28. The van der Waals surface area contributed by atoms with Gasteiger partial charge in [0.1, 0.15) is 0 Å². The molecule has 0 fully saturated rings. The molecule has 0 saturated heterocycles. The number of para-hydroxylation sites is 1. The number of sulfonamides is 1. The number of hydrogen-bond donors (Lipinski definition) is 2. The van der Waals surface area contributed by atoms with Crippen LogP contribution < -0.4 is 19.5 Å². The largest absolute Gasteiger partial charge is 0.454 e. The molecule has 0 atom stereocenters. The Morgan fingerprint density at radius 3 is 2.48 bits per heavy atom. The van der Waals surface area contributed by atoms with Crippen molar-refractivity contribution >= 4 is 48.3 Å². The van der Waals surface area contributed by atoms with Crippen molar-refractivity contribution in [3.05, 3.63) is 72.3 Å². The van der Waals surface area contributed by atoms with Crippen molar-refractivity contribution in [2.45, 2.75) is 4.90 Å². The van der Waals surface area contributed by atoms with Gasteiger partial charge in [-0.1, -0.05) is 41.7 Å². The summed E-state index contributed by atoms with van der Waals surface area (Å²) in [6, 6.07) is 17.9. The molecule has 0 spiro atoms. The van der Waals surface area contributed by atoms with Gasteiger partial charge in [0.25, 0.3) is 15.9 Å². The Morgan fingerprint density at radius 2 is 1.68 bits per heavy atom. The van der Waals surface area contributed by atoms with E-state index in [4.69, 9.17) is 9.47 Å². The third-order valence-electron chi connectivity index (χ3n) is 4.57. The zero-order valence-electron chi connectivity index (χ0n) is 15.9. The first-order valence-electron chi connectivity index (χ1n) is 9.18. The number of benzene rings is 3. The van der Waals surface area contributed by atoms with Crippen LogP contribution in [0.5, 0.6) is 11.5 Å². The molecule has 0 radical (unpaired) electrons. The lowest BCUT2D eigenvalue weighted by Gasteiger charge is -2.12. The molecule has 2 N–H and O–H groups in total. The molecule has 10 heteroatoms. The molecule has 5 rings (SSSR count). The SMILES string of the molecule is O=C(Nc1nc2cc3c(cc2s1)OCO3)c1ccccc1NS(=O)(=O)c1ccccc1. The average Bonchev–Trinajstić information content (AvgIpc) is 3.37. The molecule has 2 heterocycles. The predicted octanol–water partition coefficient (Wildman–Crippen LogP) is 4.08. The maximum Gasteiger partial charge on any atom is 0.261 e. The Balaban J connectivity index is 1.41. The molecule has 1 aliphatic heterocycles. The Hall–Kier alpha value is -3.63. The van der Waals surface area contributed by atoms with E-state index < -0.39 is 15.9 Å². The molecule has 0 unspecified atom stereocenters. The van der Waals surface area contributed by atoms with Crippen LogP contribution in [0, 0.1) is 0 Å². The summed E-state index contributed by atoms with van der Waals surface area (Å²) in [4.78, 5) is 17.4. The smallest absolute Gasteiger partial charge is 0.261 e. The molecule has 8 nitrogen and oxygen atoms in total.